The molecule has 100 valence electrons. The number of halogens is 2. The molecule has 0 saturated carbocycles. The van der Waals surface area contributed by atoms with Crippen molar-refractivity contribution in [2.24, 2.45) is 5.92 Å². The molecule has 0 amide bonds. The average molecular weight is 257 g/mol. The number of pyridine rings is 1. The van der Waals surface area contributed by atoms with Crippen LogP contribution >= 0.6 is 0 Å². The normalized spacial score (nSPS) is 20.2. The highest BCUT2D eigenvalue weighted by Crippen LogP contribution is 2.26. The van der Waals surface area contributed by atoms with Gasteiger partial charge in [-0.25, -0.2) is 13.8 Å². The van der Waals surface area contributed by atoms with Gasteiger partial charge in [0, 0.05) is 26.3 Å². The minimum atomic E-state index is -0.818. The van der Waals surface area contributed by atoms with Gasteiger partial charge < -0.3 is 15.4 Å². The highest BCUT2D eigenvalue weighted by molar-refractivity contribution is 5.47. The van der Waals surface area contributed by atoms with Gasteiger partial charge in [0.15, 0.2) is 23.3 Å². The smallest absolute Gasteiger partial charge is 0.168 e. The predicted molar refractivity (Wildman–Crippen MR) is 65.4 cm³/mol. The summed E-state index contributed by atoms with van der Waals surface area (Å²) in [6.07, 6.45) is 1.98. The van der Waals surface area contributed by atoms with Gasteiger partial charge in [0.05, 0.1) is 6.61 Å². The molecule has 0 spiro atoms. The molecule has 1 aromatic heterocycles. The molecule has 2 N–H and O–H groups in total. The fourth-order valence-corrected chi connectivity index (χ4v) is 2.32. The van der Waals surface area contributed by atoms with E-state index in [4.69, 9.17) is 10.5 Å². The summed E-state index contributed by atoms with van der Waals surface area (Å²) in [5.41, 5.74) is 5.39. The second kappa shape index (κ2) is 5.48. The largest absolute Gasteiger partial charge is 0.384 e. The van der Waals surface area contributed by atoms with E-state index in [1.807, 2.05) is 0 Å². The number of nitrogens with zero attached hydrogens (tertiary/aromatic N) is 2. The van der Waals surface area contributed by atoms with E-state index in [2.05, 4.69) is 4.98 Å². The molecule has 1 unspecified atom stereocenters. The molecule has 1 aliphatic heterocycles. The molecular formula is C12H17F2N3O. The third-order valence-corrected chi connectivity index (χ3v) is 3.16. The second-order valence-corrected chi connectivity index (χ2v) is 4.57. The predicted octanol–water partition coefficient (Wildman–Crippen LogP) is 1.80. The number of hydrogen-bond acceptors (Lipinski definition) is 4. The van der Waals surface area contributed by atoms with E-state index in [1.54, 1.807) is 12.0 Å². The number of rotatable bonds is 3. The molecule has 1 atom stereocenters. The van der Waals surface area contributed by atoms with Crippen molar-refractivity contribution in [2.75, 3.05) is 37.4 Å². The van der Waals surface area contributed by atoms with Crippen molar-refractivity contribution < 1.29 is 13.5 Å². The molecule has 1 aliphatic rings. The Bertz CT molecular complexity index is 426. The van der Waals surface area contributed by atoms with Crippen LogP contribution in [-0.2, 0) is 4.74 Å². The van der Waals surface area contributed by atoms with Crippen LogP contribution in [0.5, 0.6) is 0 Å². The highest BCUT2D eigenvalue weighted by atomic mass is 19.1. The first-order valence-corrected chi connectivity index (χ1v) is 5.97. The van der Waals surface area contributed by atoms with E-state index in [-0.39, 0.29) is 11.6 Å². The van der Waals surface area contributed by atoms with E-state index < -0.39 is 11.6 Å². The number of anilines is 2. The number of piperidine rings is 1. The van der Waals surface area contributed by atoms with Crippen LogP contribution in [0.4, 0.5) is 20.4 Å². The van der Waals surface area contributed by atoms with Gasteiger partial charge in [-0.15, -0.1) is 0 Å². The van der Waals surface area contributed by atoms with E-state index in [1.165, 1.54) is 0 Å². The molecule has 1 saturated heterocycles. The fourth-order valence-electron chi connectivity index (χ4n) is 2.32. The van der Waals surface area contributed by atoms with Gasteiger partial charge in [-0.1, -0.05) is 0 Å². The number of nitrogen functional groups attached to an aromatic ring is 1. The van der Waals surface area contributed by atoms with Gasteiger partial charge in [-0.2, -0.15) is 0 Å². The Labute approximate surface area is 105 Å². The zero-order valence-electron chi connectivity index (χ0n) is 10.3. The lowest BCUT2D eigenvalue weighted by Crippen LogP contribution is -2.38. The lowest BCUT2D eigenvalue weighted by molar-refractivity contribution is 0.143. The minimum Gasteiger partial charge on any atom is -0.384 e. The van der Waals surface area contributed by atoms with Crippen molar-refractivity contribution in [1.82, 2.24) is 4.98 Å². The third-order valence-electron chi connectivity index (χ3n) is 3.16. The molecule has 18 heavy (non-hydrogen) atoms. The third kappa shape index (κ3) is 2.69. The molecule has 1 fully saturated rings. The van der Waals surface area contributed by atoms with Crippen LogP contribution in [0.3, 0.4) is 0 Å². The summed E-state index contributed by atoms with van der Waals surface area (Å²) >= 11 is 0. The standard InChI is InChI=1S/C12H17F2N3O/c1-18-7-8-3-2-4-17(6-8)12-10(14)5-9(13)11(15)16-12/h5,8H,2-4,6-7H2,1H3,(H2,15,16). The van der Waals surface area contributed by atoms with Crippen molar-refractivity contribution in [2.45, 2.75) is 12.8 Å². The maximum absolute atomic E-state index is 13.7. The lowest BCUT2D eigenvalue weighted by atomic mass is 9.99. The summed E-state index contributed by atoms with van der Waals surface area (Å²) in [5.74, 6) is -1.27. The van der Waals surface area contributed by atoms with Gasteiger partial charge in [-0.05, 0) is 18.8 Å². The van der Waals surface area contributed by atoms with Crippen molar-refractivity contribution in [3.8, 4) is 0 Å². The van der Waals surface area contributed by atoms with Crippen LogP contribution in [0.2, 0.25) is 0 Å². The van der Waals surface area contributed by atoms with Crippen LogP contribution in [-0.4, -0.2) is 31.8 Å². The molecule has 0 aliphatic carbocycles. The Morgan fingerprint density at radius 3 is 3.00 bits per heavy atom. The molecule has 4 nitrogen and oxygen atoms in total. The van der Waals surface area contributed by atoms with Crippen LogP contribution in [0.1, 0.15) is 12.8 Å². The number of ether oxygens (including phenoxy) is 1. The zero-order valence-corrected chi connectivity index (χ0v) is 10.3. The summed E-state index contributed by atoms with van der Waals surface area (Å²) in [6.45, 7) is 1.99. The number of aromatic nitrogens is 1. The first kappa shape index (κ1) is 13.0. The summed E-state index contributed by atoms with van der Waals surface area (Å²) < 4.78 is 31.9. The maximum Gasteiger partial charge on any atom is 0.168 e. The highest BCUT2D eigenvalue weighted by Gasteiger charge is 2.24. The summed E-state index contributed by atoms with van der Waals surface area (Å²) in [5, 5.41) is 0. The summed E-state index contributed by atoms with van der Waals surface area (Å²) in [4.78, 5) is 5.61. The van der Waals surface area contributed by atoms with Crippen molar-refractivity contribution in [3.05, 3.63) is 17.7 Å². The van der Waals surface area contributed by atoms with Gasteiger partial charge in [0.2, 0.25) is 0 Å². The van der Waals surface area contributed by atoms with Crippen LogP contribution in [0.15, 0.2) is 6.07 Å². The first-order valence-electron chi connectivity index (χ1n) is 5.97. The minimum absolute atomic E-state index is 0.134. The zero-order chi connectivity index (χ0) is 13.1. The van der Waals surface area contributed by atoms with E-state index in [0.717, 1.165) is 18.9 Å². The van der Waals surface area contributed by atoms with E-state index >= 15 is 0 Å². The van der Waals surface area contributed by atoms with Crippen molar-refractivity contribution >= 4 is 11.6 Å². The van der Waals surface area contributed by atoms with Crippen molar-refractivity contribution in [1.29, 1.82) is 0 Å². The quantitative estimate of drug-likeness (QED) is 0.897. The molecule has 0 radical (unpaired) electrons. The van der Waals surface area contributed by atoms with E-state index in [9.17, 15) is 8.78 Å². The Hall–Kier alpha value is -1.43. The maximum atomic E-state index is 13.7. The average Bonchev–Trinajstić information content (AvgIpc) is 2.34. The van der Waals surface area contributed by atoms with Crippen LogP contribution in [0.25, 0.3) is 0 Å². The first-order chi connectivity index (χ1) is 8.61. The van der Waals surface area contributed by atoms with Gasteiger partial charge in [0.1, 0.15) is 0 Å². The topological polar surface area (TPSA) is 51.4 Å². The fraction of sp³-hybridized carbons (Fsp3) is 0.583. The van der Waals surface area contributed by atoms with Crippen LogP contribution < -0.4 is 10.6 Å². The summed E-state index contributed by atoms with van der Waals surface area (Å²) in [7, 11) is 1.65. The molecule has 1 aromatic rings. The Balaban J connectivity index is 2.18. The summed E-state index contributed by atoms with van der Waals surface area (Å²) in [6, 6.07) is 0.789. The molecule has 0 aromatic carbocycles. The molecule has 6 heteroatoms. The Morgan fingerprint density at radius 1 is 1.50 bits per heavy atom. The molecule has 0 bridgehead atoms. The second-order valence-electron chi connectivity index (χ2n) is 4.57. The van der Waals surface area contributed by atoms with Gasteiger partial charge >= 0.3 is 0 Å². The SMILES string of the molecule is COCC1CCCN(c2nc(N)c(F)cc2F)C1. The number of methoxy groups -OCH3 is 1. The Kier molecular flexibility index (Phi) is 3.96. The van der Waals surface area contributed by atoms with Crippen LogP contribution in [0, 0.1) is 17.6 Å². The number of nitrogens with two attached hydrogens (primary N) is 1. The van der Waals surface area contributed by atoms with Gasteiger partial charge in [0.25, 0.3) is 0 Å². The number of hydrogen-bond donors (Lipinski definition) is 1. The van der Waals surface area contributed by atoms with Gasteiger partial charge in [-0.3, -0.25) is 0 Å². The molecule has 2 heterocycles. The molecule has 2 rings (SSSR count). The lowest BCUT2D eigenvalue weighted by Gasteiger charge is -2.33. The monoisotopic (exact) mass is 257 g/mol. The van der Waals surface area contributed by atoms with E-state index in [0.29, 0.717) is 25.6 Å². The Morgan fingerprint density at radius 2 is 2.28 bits per heavy atom. The molecular weight excluding hydrogens is 240 g/mol. The van der Waals surface area contributed by atoms with Crippen molar-refractivity contribution in [3.63, 3.8) is 0 Å².